The summed E-state index contributed by atoms with van der Waals surface area (Å²) in [7, 11) is 0. The van der Waals surface area contributed by atoms with Crippen molar-refractivity contribution in [2.45, 2.75) is 12.7 Å². The third kappa shape index (κ3) is 5.13. The highest BCUT2D eigenvalue weighted by atomic mass is 19.4. The van der Waals surface area contributed by atoms with E-state index in [1.54, 1.807) is 6.08 Å². The summed E-state index contributed by atoms with van der Waals surface area (Å²) in [5.74, 6) is -0.439. The lowest BCUT2D eigenvalue weighted by Crippen LogP contribution is -2.17. The number of rotatable bonds is 4. The van der Waals surface area contributed by atoms with E-state index in [1.165, 1.54) is 12.3 Å². The van der Waals surface area contributed by atoms with Crippen LogP contribution in [0.1, 0.15) is 5.56 Å². The van der Waals surface area contributed by atoms with E-state index in [1.807, 2.05) is 30.3 Å². The Labute approximate surface area is 118 Å². The molecule has 0 fully saturated rings. The van der Waals surface area contributed by atoms with Gasteiger partial charge in [-0.1, -0.05) is 30.3 Å². The van der Waals surface area contributed by atoms with Gasteiger partial charge in [0.2, 0.25) is 5.91 Å². The Kier molecular flexibility index (Phi) is 4.42. The summed E-state index contributed by atoms with van der Waals surface area (Å²) in [6.07, 6.45) is 0.855. The normalized spacial score (nSPS) is 11.8. The summed E-state index contributed by atoms with van der Waals surface area (Å²) in [6, 6.07) is 9.17. The number of amides is 1. The first-order valence-corrected chi connectivity index (χ1v) is 6.06. The molecule has 1 aromatic carbocycles. The van der Waals surface area contributed by atoms with Crippen molar-refractivity contribution in [1.29, 1.82) is 0 Å². The van der Waals surface area contributed by atoms with Crippen LogP contribution in [0.2, 0.25) is 0 Å². The highest BCUT2D eigenvalue weighted by Gasteiger charge is 2.28. The molecule has 0 aliphatic rings. The summed E-state index contributed by atoms with van der Waals surface area (Å²) < 4.78 is 37.2. The standard InChI is InChI=1S/C14H12F3N3O/c15-14(16,17)10-20-9-12(8-18-20)19-13(21)7-6-11-4-2-1-3-5-11/h1-9H,10H2,(H,19,21)/b7-6+. The molecule has 1 N–H and O–H groups in total. The molecular weight excluding hydrogens is 283 g/mol. The largest absolute Gasteiger partial charge is 0.408 e. The van der Waals surface area contributed by atoms with Gasteiger partial charge in [-0.15, -0.1) is 0 Å². The van der Waals surface area contributed by atoms with Gasteiger partial charge in [-0.3, -0.25) is 9.48 Å². The molecule has 0 saturated carbocycles. The van der Waals surface area contributed by atoms with E-state index >= 15 is 0 Å². The smallest absolute Gasteiger partial charge is 0.320 e. The van der Waals surface area contributed by atoms with E-state index in [9.17, 15) is 18.0 Å². The molecule has 0 aliphatic carbocycles. The van der Waals surface area contributed by atoms with Gasteiger partial charge in [-0.05, 0) is 11.6 Å². The molecule has 1 aromatic heterocycles. The number of benzene rings is 1. The van der Waals surface area contributed by atoms with Gasteiger partial charge >= 0.3 is 6.18 Å². The van der Waals surface area contributed by atoms with Gasteiger partial charge in [0, 0.05) is 12.3 Å². The van der Waals surface area contributed by atoms with Gasteiger partial charge in [0.25, 0.3) is 0 Å². The number of carbonyl (C=O) groups excluding carboxylic acids is 1. The van der Waals surface area contributed by atoms with Crippen molar-refractivity contribution in [3.05, 3.63) is 54.4 Å². The highest BCUT2D eigenvalue weighted by molar-refractivity contribution is 6.01. The van der Waals surface area contributed by atoms with Crippen LogP contribution in [0.15, 0.2) is 48.8 Å². The van der Waals surface area contributed by atoms with E-state index in [4.69, 9.17) is 0 Å². The molecule has 2 rings (SSSR count). The topological polar surface area (TPSA) is 46.9 Å². The van der Waals surface area contributed by atoms with Gasteiger partial charge in [0.05, 0.1) is 11.9 Å². The Hall–Kier alpha value is -2.57. The minimum atomic E-state index is -4.35. The average Bonchev–Trinajstić information content (AvgIpc) is 2.82. The number of nitrogens with one attached hydrogen (secondary N) is 1. The molecule has 0 spiro atoms. The Bertz CT molecular complexity index is 632. The minimum Gasteiger partial charge on any atom is -0.320 e. The predicted molar refractivity (Wildman–Crippen MR) is 72.4 cm³/mol. The lowest BCUT2D eigenvalue weighted by Gasteiger charge is -2.05. The summed E-state index contributed by atoms with van der Waals surface area (Å²) in [6.45, 7) is -1.19. The molecule has 7 heteroatoms. The Morgan fingerprint density at radius 3 is 2.67 bits per heavy atom. The SMILES string of the molecule is O=C(/C=C/c1ccccc1)Nc1cnn(CC(F)(F)F)c1. The summed E-state index contributed by atoms with van der Waals surface area (Å²) >= 11 is 0. The van der Waals surface area contributed by atoms with Gasteiger partial charge in [0.1, 0.15) is 6.54 Å². The third-order valence-electron chi connectivity index (χ3n) is 2.47. The first-order valence-electron chi connectivity index (χ1n) is 6.06. The van der Waals surface area contributed by atoms with Gasteiger partial charge in [-0.25, -0.2) is 0 Å². The first-order chi connectivity index (χ1) is 9.92. The van der Waals surface area contributed by atoms with Crippen LogP contribution in [0.5, 0.6) is 0 Å². The zero-order valence-corrected chi connectivity index (χ0v) is 10.8. The molecule has 1 heterocycles. The maximum atomic E-state index is 12.2. The number of anilines is 1. The van der Waals surface area contributed by atoms with Crippen molar-refractivity contribution in [3.8, 4) is 0 Å². The number of aromatic nitrogens is 2. The Morgan fingerprint density at radius 1 is 1.29 bits per heavy atom. The zero-order valence-electron chi connectivity index (χ0n) is 10.8. The number of halogens is 3. The Balaban J connectivity index is 1.93. The molecule has 21 heavy (non-hydrogen) atoms. The summed E-state index contributed by atoms with van der Waals surface area (Å²) in [5.41, 5.74) is 1.06. The molecule has 0 bridgehead atoms. The van der Waals surface area contributed by atoms with Crippen molar-refractivity contribution in [2.24, 2.45) is 0 Å². The number of carbonyl (C=O) groups is 1. The molecule has 0 radical (unpaired) electrons. The van der Waals surface area contributed by atoms with Crippen LogP contribution in [-0.4, -0.2) is 21.9 Å². The van der Waals surface area contributed by atoms with Crippen LogP contribution in [-0.2, 0) is 11.3 Å². The minimum absolute atomic E-state index is 0.210. The molecule has 0 saturated heterocycles. The summed E-state index contributed by atoms with van der Waals surface area (Å²) in [5, 5.41) is 5.97. The molecule has 0 aliphatic heterocycles. The van der Waals surface area contributed by atoms with E-state index in [0.29, 0.717) is 0 Å². The fraction of sp³-hybridized carbons (Fsp3) is 0.143. The Morgan fingerprint density at radius 2 is 2.00 bits per heavy atom. The fourth-order valence-corrected chi connectivity index (χ4v) is 1.62. The van der Waals surface area contributed by atoms with Crippen LogP contribution in [0.4, 0.5) is 18.9 Å². The monoisotopic (exact) mass is 295 g/mol. The first kappa shape index (κ1) is 14.8. The van der Waals surface area contributed by atoms with Crippen molar-refractivity contribution in [3.63, 3.8) is 0 Å². The van der Waals surface area contributed by atoms with Crippen molar-refractivity contribution in [1.82, 2.24) is 9.78 Å². The van der Waals surface area contributed by atoms with E-state index in [2.05, 4.69) is 10.4 Å². The maximum Gasteiger partial charge on any atom is 0.408 e. The molecule has 110 valence electrons. The third-order valence-corrected chi connectivity index (χ3v) is 2.47. The molecule has 0 atom stereocenters. The lowest BCUT2D eigenvalue weighted by atomic mass is 10.2. The average molecular weight is 295 g/mol. The number of hydrogen-bond donors (Lipinski definition) is 1. The number of hydrogen-bond acceptors (Lipinski definition) is 2. The second-order valence-corrected chi connectivity index (χ2v) is 4.28. The quantitative estimate of drug-likeness (QED) is 0.881. The maximum absolute atomic E-state index is 12.2. The molecule has 2 aromatic rings. The molecular formula is C14H12F3N3O. The van der Waals surface area contributed by atoms with Crippen LogP contribution >= 0.6 is 0 Å². The van der Waals surface area contributed by atoms with Crippen LogP contribution < -0.4 is 5.32 Å². The zero-order chi connectivity index (χ0) is 15.3. The molecule has 0 unspecified atom stereocenters. The van der Waals surface area contributed by atoms with Gasteiger partial charge in [0.15, 0.2) is 0 Å². The van der Waals surface area contributed by atoms with Crippen LogP contribution in [0.25, 0.3) is 6.08 Å². The summed E-state index contributed by atoms with van der Waals surface area (Å²) in [4.78, 5) is 11.6. The number of alkyl halides is 3. The van der Waals surface area contributed by atoms with E-state index < -0.39 is 18.6 Å². The molecule has 4 nitrogen and oxygen atoms in total. The molecule has 1 amide bonds. The fourth-order valence-electron chi connectivity index (χ4n) is 1.62. The number of nitrogens with zero attached hydrogens (tertiary/aromatic N) is 2. The van der Waals surface area contributed by atoms with Crippen LogP contribution in [0.3, 0.4) is 0 Å². The van der Waals surface area contributed by atoms with Crippen LogP contribution in [0, 0.1) is 0 Å². The van der Waals surface area contributed by atoms with Gasteiger partial charge in [-0.2, -0.15) is 18.3 Å². The van der Waals surface area contributed by atoms with Crippen molar-refractivity contribution < 1.29 is 18.0 Å². The second kappa shape index (κ2) is 6.25. The van der Waals surface area contributed by atoms with E-state index in [0.717, 1.165) is 16.4 Å². The van der Waals surface area contributed by atoms with E-state index in [-0.39, 0.29) is 5.69 Å². The second-order valence-electron chi connectivity index (χ2n) is 4.28. The predicted octanol–water partition coefficient (Wildman–Crippen LogP) is 3.10. The highest BCUT2D eigenvalue weighted by Crippen LogP contribution is 2.18. The van der Waals surface area contributed by atoms with Crippen molar-refractivity contribution >= 4 is 17.7 Å². The lowest BCUT2D eigenvalue weighted by molar-refractivity contribution is -0.142. The van der Waals surface area contributed by atoms with Crippen molar-refractivity contribution in [2.75, 3.05) is 5.32 Å². The van der Waals surface area contributed by atoms with Gasteiger partial charge < -0.3 is 5.32 Å².